The predicted octanol–water partition coefficient (Wildman–Crippen LogP) is 3.60. The molecule has 2 aromatic heterocycles. The third-order valence-corrected chi connectivity index (χ3v) is 7.28. The summed E-state index contributed by atoms with van der Waals surface area (Å²) in [6, 6.07) is 0. The number of nitrogens with one attached hydrogen (secondary N) is 1. The first-order chi connectivity index (χ1) is 13.0. The fourth-order valence-electron chi connectivity index (χ4n) is 2.96. The zero-order valence-electron chi connectivity index (χ0n) is 15.2. The maximum Gasteiger partial charge on any atom is 0.341 e. The Kier molecular flexibility index (Phi) is 6.72. The minimum Gasteiger partial charge on any atom is -0.462 e. The molecular formula is C17H22N4O3S3. The summed E-state index contributed by atoms with van der Waals surface area (Å²) in [4.78, 5) is 26.0. The van der Waals surface area contributed by atoms with E-state index in [9.17, 15) is 9.59 Å². The number of thiophene rings is 1. The molecule has 146 valence electrons. The maximum absolute atomic E-state index is 12.5. The predicted molar refractivity (Wildman–Crippen MR) is 110 cm³/mol. The highest BCUT2D eigenvalue weighted by molar-refractivity contribution is 8.01. The molecule has 1 aliphatic carbocycles. The van der Waals surface area contributed by atoms with Crippen molar-refractivity contribution < 1.29 is 14.3 Å². The number of carbonyl (C=O) groups excluding carboxylic acids is 2. The van der Waals surface area contributed by atoms with Gasteiger partial charge in [-0.1, -0.05) is 30.0 Å². The average molecular weight is 427 g/mol. The number of fused-ring (bicyclic) bond motifs is 1. The van der Waals surface area contributed by atoms with Crippen LogP contribution >= 0.6 is 34.4 Å². The number of nitrogens with two attached hydrogens (primary N) is 1. The molecule has 1 unspecified atom stereocenters. The molecule has 0 saturated heterocycles. The Labute approximate surface area is 170 Å². The smallest absolute Gasteiger partial charge is 0.341 e. The van der Waals surface area contributed by atoms with Crippen molar-refractivity contribution >= 4 is 56.4 Å². The summed E-state index contributed by atoms with van der Waals surface area (Å²) in [5.74, 6) is 0.679. The molecule has 0 bridgehead atoms. The Hall–Kier alpha value is -1.65. The third kappa shape index (κ3) is 4.99. The van der Waals surface area contributed by atoms with Crippen molar-refractivity contribution in [2.45, 2.75) is 43.9 Å². The van der Waals surface area contributed by atoms with Crippen LogP contribution < -0.4 is 11.1 Å². The van der Waals surface area contributed by atoms with E-state index in [1.165, 1.54) is 39.3 Å². The van der Waals surface area contributed by atoms with Gasteiger partial charge in [-0.15, -0.1) is 21.5 Å². The van der Waals surface area contributed by atoms with E-state index in [0.29, 0.717) is 40.4 Å². The number of hydrogen-bond acceptors (Lipinski definition) is 9. The Bertz CT molecular complexity index is 834. The van der Waals surface area contributed by atoms with Gasteiger partial charge in [0.05, 0.1) is 12.2 Å². The minimum absolute atomic E-state index is 0.128. The summed E-state index contributed by atoms with van der Waals surface area (Å²) in [7, 11) is 0. The van der Waals surface area contributed by atoms with Gasteiger partial charge in [-0.3, -0.25) is 4.79 Å². The van der Waals surface area contributed by atoms with Crippen LogP contribution in [0.25, 0.3) is 0 Å². The van der Waals surface area contributed by atoms with Gasteiger partial charge in [0.1, 0.15) is 5.00 Å². The zero-order chi connectivity index (χ0) is 19.4. The van der Waals surface area contributed by atoms with E-state index < -0.39 is 0 Å². The third-order valence-electron chi connectivity index (χ3n) is 4.22. The minimum atomic E-state index is -0.349. The Morgan fingerprint density at radius 2 is 2.19 bits per heavy atom. The van der Waals surface area contributed by atoms with Gasteiger partial charge in [-0.25, -0.2) is 4.79 Å². The lowest BCUT2D eigenvalue weighted by Crippen LogP contribution is -2.16. The molecular weight excluding hydrogens is 404 g/mol. The number of esters is 1. The van der Waals surface area contributed by atoms with Crippen molar-refractivity contribution in [1.29, 1.82) is 0 Å². The molecule has 2 aromatic rings. The van der Waals surface area contributed by atoms with E-state index in [1.54, 1.807) is 6.92 Å². The Balaban J connectivity index is 1.67. The van der Waals surface area contributed by atoms with E-state index in [-0.39, 0.29) is 11.9 Å². The number of nitrogen functional groups attached to an aromatic ring is 1. The van der Waals surface area contributed by atoms with Crippen LogP contribution in [0.3, 0.4) is 0 Å². The molecule has 0 radical (unpaired) electrons. The number of ether oxygens (including phenoxy) is 1. The van der Waals surface area contributed by atoms with Gasteiger partial charge in [0.15, 0.2) is 4.34 Å². The van der Waals surface area contributed by atoms with Crippen LogP contribution in [-0.2, 0) is 22.4 Å². The molecule has 7 nitrogen and oxygen atoms in total. The van der Waals surface area contributed by atoms with Crippen LogP contribution in [0.4, 0.5) is 10.1 Å². The van der Waals surface area contributed by atoms with E-state index in [0.717, 1.165) is 29.2 Å². The number of hydrogen-bond donors (Lipinski definition) is 2. The highest BCUT2D eigenvalue weighted by Gasteiger charge is 2.29. The van der Waals surface area contributed by atoms with Crippen molar-refractivity contribution in [3.05, 3.63) is 16.0 Å². The Morgan fingerprint density at radius 1 is 1.37 bits per heavy atom. The maximum atomic E-state index is 12.5. The largest absolute Gasteiger partial charge is 0.462 e. The van der Waals surface area contributed by atoms with Crippen LogP contribution in [0.15, 0.2) is 4.34 Å². The molecule has 3 rings (SSSR count). The number of thioether (sulfide) groups is 1. The van der Waals surface area contributed by atoms with Gasteiger partial charge in [0.25, 0.3) is 0 Å². The first-order valence-corrected chi connectivity index (χ1v) is 11.4. The fraction of sp³-hybridized carbons (Fsp3) is 0.529. The molecule has 0 aliphatic heterocycles. The van der Waals surface area contributed by atoms with Crippen molar-refractivity contribution in [3.8, 4) is 0 Å². The number of amides is 1. The summed E-state index contributed by atoms with van der Waals surface area (Å²) < 4.78 is 5.97. The molecule has 0 fully saturated rings. The summed E-state index contributed by atoms with van der Waals surface area (Å²) >= 11 is 4.25. The Morgan fingerprint density at radius 3 is 2.89 bits per heavy atom. The summed E-state index contributed by atoms with van der Waals surface area (Å²) in [5.41, 5.74) is 7.14. The van der Waals surface area contributed by atoms with Gasteiger partial charge in [0.2, 0.25) is 11.0 Å². The van der Waals surface area contributed by atoms with Crippen molar-refractivity contribution in [3.63, 3.8) is 0 Å². The highest BCUT2D eigenvalue weighted by Crippen LogP contribution is 2.40. The van der Waals surface area contributed by atoms with E-state index in [1.807, 2.05) is 0 Å². The molecule has 1 amide bonds. The first kappa shape index (κ1) is 20.1. The van der Waals surface area contributed by atoms with Gasteiger partial charge < -0.3 is 15.8 Å². The summed E-state index contributed by atoms with van der Waals surface area (Å²) in [6.07, 6.45) is 3.15. The standard InChI is InChI=1S/C17H22N4O3S3/c1-3-24-15(23)13-10-5-4-9(2)8-11(10)26-14(13)19-12(22)6-7-25-17-21-20-16(18)27-17/h9H,3-8H2,1-2H3,(H2,18,20)(H,19,22). The zero-order valence-corrected chi connectivity index (χ0v) is 17.7. The summed E-state index contributed by atoms with van der Waals surface area (Å²) in [6.45, 7) is 4.31. The SMILES string of the molecule is CCOC(=O)c1c(NC(=O)CCSc2nnc(N)s2)sc2c1CCC(C)C2. The number of rotatable bonds is 7. The first-order valence-electron chi connectivity index (χ1n) is 8.81. The second-order valence-electron chi connectivity index (χ2n) is 6.33. The van der Waals surface area contributed by atoms with Gasteiger partial charge in [0, 0.05) is 17.1 Å². The topological polar surface area (TPSA) is 107 Å². The van der Waals surface area contributed by atoms with Gasteiger partial charge >= 0.3 is 5.97 Å². The molecule has 0 spiro atoms. The van der Waals surface area contributed by atoms with Crippen LogP contribution in [0, 0.1) is 5.92 Å². The second-order valence-corrected chi connectivity index (χ2v) is 9.79. The van der Waals surface area contributed by atoms with Crippen molar-refractivity contribution in [2.24, 2.45) is 5.92 Å². The van der Waals surface area contributed by atoms with Crippen LogP contribution in [-0.4, -0.2) is 34.4 Å². The second kappa shape index (κ2) is 9.03. The summed E-state index contributed by atoms with van der Waals surface area (Å²) in [5, 5.41) is 11.6. The molecule has 27 heavy (non-hydrogen) atoms. The van der Waals surface area contributed by atoms with E-state index in [2.05, 4.69) is 22.4 Å². The monoisotopic (exact) mass is 426 g/mol. The van der Waals surface area contributed by atoms with Crippen LogP contribution in [0.2, 0.25) is 0 Å². The number of aromatic nitrogens is 2. The molecule has 3 N–H and O–H groups in total. The lowest BCUT2D eigenvalue weighted by molar-refractivity contribution is -0.115. The lowest BCUT2D eigenvalue weighted by atomic mass is 9.88. The van der Waals surface area contributed by atoms with Crippen LogP contribution in [0.5, 0.6) is 0 Å². The average Bonchev–Trinajstić information content (AvgIpc) is 3.17. The molecule has 10 heteroatoms. The molecule has 2 heterocycles. The van der Waals surface area contributed by atoms with E-state index in [4.69, 9.17) is 10.5 Å². The lowest BCUT2D eigenvalue weighted by Gasteiger charge is -2.18. The molecule has 1 atom stereocenters. The highest BCUT2D eigenvalue weighted by atomic mass is 32.2. The normalized spacial score (nSPS) is 16.0. The van der Waals surface area contributed by atoms with Gasteiger partial charge in [-0.2, -0.15) is 0 Å². The van der Waals surface area contributed by atoms with Gasteiger partial charge in [-0.05, 0) is 37.7 Å². The fourth-order valence-corrected chi connectivity index (χ4v) is 6.02. The van der Waals surface area contributed by atoms with Crippen molar-refractivity contribution in [1.82, 2.24) is 10.2 Å². The molecule has 0 aromatic carbocycles. The quantitative estimate of drug-likeness (QED) is 0.514. The molecule has 0 saturated carbocycles. The number of anilines is 2. The van der Waals surface area contributed by atoms with Crippen LogP contribution in [0.1, 0.15) is 47.5 Å². The van der Waals surface area contributed by atoms with E-state index >= 15 is 0 Å². The number of nitrogens with zero attached hydrogens (tertiary/aromatic N) is 2. The van der Waals surface area contributed by atoms with Crippen molar-refractivity contribution in [2.75, 3.05) is 23.4 Å². The molecule has 1 aliphatic rings. The number of carbonyl (C=O) groups is 2.